The summed E-state index contributed by atoms with van der Waals surface area (Å²) in [5.74, 6) is -2.21. The summed E-state index contributed by atoms with van der Waals surface area (Å²) >= 11 is 0. The Balaban J connectivity index is 0.000000273. The number of hydrogen-bond donors (Lipinski definition) is 4. The highest BCUT2D eigenvalue weighted by Crippen LogP contribution is 2.17. The third-order valence-electron chi connectivity index (χ3n) is 3.44. The number of aromatic carboxylic acids is 2. The number of nitrogens with two attached hydrogens (primary N) is 1. The average molecular weight is 358 g/mol. The Labute approximate surface area is 151 Å². The molecule has 2 aromatic carbocycles. The number of aryl methyl sites for hydroxylation is 2. The highest BCUT2D eigenvalue weighted by atomic mass is 16.4. The van der Waals surface area contributed by atoms with E-state index in [0.29, 0.717) is 17.8 Å². The number of carbonyl (C=O) groups excluding carboxylic acids is 1. The van der Waals surface area contributed by atoms with E-state index in [2.05, 4.69) is 5.32 Å². The second-order valence-electron chi connectivity index (χ2n) is 5.65. The molecule has 0 aliphatic rings. The van der Waals surface area contributed by atoms with Crippen LogP contribution in [0, 0.1) is 13.8 Å². The minimum absolute atomic E-state index is 0.122. The Morgan fingerprint density at radius 1 is 0.923 bits per heavy atom. The average Bonchev–Trinajstić information content (AvgIpc) is 2.58. The van der Waals surface area contributed by atoms with Gasteiger partial charge >= 0.3 is 11.9 Å². The molecule has 0 saturated carbocycles. The fourth-order valence-electron chi connectivity index (χ4n) is 2.04. The third kappa shape index (κ3) is 5.94. The zero-order chi connectivity index (χ0) is 19.9. The van der Waals surface area contributed by atoms with Crippen LogP contribution in [0.5, 0.6) is 0 Å². The van der Waals surface area contributed by atoms with Crippen molar-refractivity contribution in [2.24, 2.45) is 0 Å². The Morgan fingerprint density at radius 3 is 1.88 bits per heavy atom. The van der Waals surface area contributed by atoms with Crippen molar-refractivity contribution in [1.29, 1.82) is 0 Å². The number of benzene rings is 2. The molecule has 0 aromatic heterocycles. The molecule has 0 heterocycles. The predicted octanol–water partition coefficient (Wildman–Crippen LogP) is 3.32. The predicted molar refractivity (Wildman–Crippen MR) is 99.6 cm³/mol. The molecule has 2 rings (SSSR count). The van der Waals surface area contributed by atoms with Gasteiger partial charge in [0.25, 0.3) is 0 Å². The molecular weight excluding hydrogens is 336 g/mol. The van der Waals surface area contributed by atoms with Crippen molar-refractivity contribution >= 4 is 29.2 Å². The largest absolute Gasteiger partial charge is 0.478 e. The van der Waals surface area contributed by atoms with E-state index in [1.165, 1.54) is 6.07 Å². The molecule has 7 heteroatoms. The summed E-state index contributed by atoms with van der Waals surface area (Å²) in [5, 5.41) is 20.1. The van der Waals surface area contributed by atoms with Gasteiger partial charge in [-0.3, -0.25) is 4.79 Å². The maximum absolute atomic E-state index is 11.1. The molecule has 138 valence electrons. The molecule has 0 saturated heterocycles. The second-order valence-corrected chi connectivity index (χ2v) is 5.65. The number of nitrogen functional groups attached to an aromatic ring is 1. The zero-order valence-corrected chi connectivity index (χ0v) is 14.9. The molecule has 0 atom stereocenters. The maximum atomic E-state index is 11.1. The Morgan fingerprint density at radius 2 is 1.42 bits per heavy atom. The number of hydrogen-bond acceptors (Lipinski definition) is 4. The number of nitrogens with one attached hydrogen (secondary N) is 1. The van der Waals surface area contributed by atoms with Gasteiger partial charge in [-0.1, -0.05) is 30.2 Å². The van der Waals surface area contributed by atoms with Gasteiger partial charge in [0.15, 0.2) is 0 Å². The molecule has 1 amide bonds. The summed E-state index contributed by atoms with van der Waals surface area (Å²) in [4.78, 5) is 32.5. The van der Waals surface area contributed by atoms with Crippen molar-refractivity contribution in [3.8, 4) is 0 Å². The number of carbonyl (C=O) groups is 3. The molecule has 0 spiro atoms. The van der Waals surface area contributed by atoms with Crippen LogP contribution in [0.2, 0.25) is 0 Å². The SMILES string of the molecule is CCC(=O)Nc1ccc(C)cc1C(=O)O.Cc1ccc(N)c(C(=O)O)c1. The van der Waals surface area contributed by atoms with Gasteiger partial charge in [0.1, 0.15) is 0 Å². The summed E-state index contributed by atoms with van der Waals surface area (Å²) in [6, 6.07) is 9.83. The van der Waals surface area contributed by atoms with Gasteiger partial charge in [-0.05, 0) is 38.1 Å². The van der Waals surface area contributed by atoms with E-state index in [4.69, 9.17) is 15.9 Å². The first-order chi connectivity index (χ1) is 12.1. The number of amides is 1. The minimum Gasteiger partial charge on any atom is -0.478 e. The van der Waals surface area contributed by atoms with E-state index in [-0.39, 0.29) is 17.0 Å². The number of carboxylic acid groups (broad SMARTS) is 2. The molecule has 0 unspecified atom stereocenters. The van der Waals surface area contributed by atoms with Crippen LogP contribution in [0.15, 0.2) is 36.4 Å². The first-order valence-corrected chi connectivity index (χ1v) is 7.88. The molecular formula is C19H22N2O5. The van der Waals surface area contributed by atoms with Gasteiger partial charge < -0.3 is 21.3 Å². The highest BCUT2D eigenvalue weighted by Gasteiger charge is 2.11. The van der Waals surface area contributed by atoms with E-state index in [9.17, 15) is 14.4 Å². The molecule has 0 aliphatic carbocycles. The van der Waals surface area contributed by atoms with Crippen molar-refractivity contribution in [3.63, 3.8) is 0 Å². The van der Waals surface area contributed by atoms with E-state index in [1.807, 2.05) is 6.92 Å². The van der Waals surface area contributed by atoms with Crippen molar-refractivity contribution < 1.29 is 24.6 Å². The number of rotatable bonds is 4. The van der Waals surface area contributed by atoms with Gasteiger partial charge in [0.05, 0.1) is 16.8 Å². The molecule has 0 radical (unpaired) electrons. The lowest BCUT2D eigenvalue weighted by atomic mass is 10.1. The molecule has 0 aliphatic heterocycles. The van der Waals surface area contributed by atoms with Gasteiger partial charge in [0, 0.05) is 12.1 Å². The first-order valence-electron chi connectivity index (χ1n) is 7.88. The first kappa shape index (κ1) is 20.7. The summed E-state index contributed by atoms with van der Waals surface area (Å²) < 4.78 is 0. The lowest BCUT2D eigenvalue weighted by Crippen LogP contribution is -2.13. The zero-order valence-electron chi connectivity index (χ0n) is 14.9. The Hall–Kier alpha value is -3.35. The fraction of sp³-hybridized carbons (Fsp3) is 0.211. The maximum Gasteiger partial charge on any atom is 0.337 e. The van der Waals surface area contributed by atoms with Gasteiger partial charge in [0.2, 0.25) is 5.91 Å². The number of carboxylic acids is 2. The smallest absolute Gasteiger partial charge is 0.337 e. The van der Waals surface area contributed by atoms with Crippen molar-refractivity contribution in [1.82, 2.24) is 0 Å². The van der Waals surface area contributed by atoms with Crippen molar-refractivity contribution in [2.75, 3.05) is 11.1 Å². The van der Waals surface area contributed by atoms with Crippen LogP contribution in [0.4, 0.5) is 11.4 Å². The van der Waals surface area contributed by atoms with Crippen molar-refractivity contribution in [3.05, 3.63) is 58.7 Å². The van der Waals surface area contributed by atoms with Crippen LogP contribution in [0.25, 0.3) is 0 Å². The summed E-state index contributed by atoms with van der Waals surface area (Å²) in [7, 11) is 0. The van der Waals surface area contributed by atoms with Crippen LogP contribution in [-0.4, -0.2) is 28.1 Å². The Kier molecular flexibility index (Phi) is 7.34. The molecule has 2 aromatic rings. The monoisotopic (exact) mass is 358 g/mol. The summed E-state index contributed by atoms with van der Waals surface area (Å²) in [5.41, 5.74) is 8.11. The molecule has 7 nitrogen and oxygen atoms in total. The van der Waals surface area contributed by atoms with Crippen LogP contribution in [0.3, 0.4) is 0 Å². The molecule has 5 N–H and O–H groups in total. The normalized spacial score (nSPS) is 9.65. The third-order valence-corrected chi connectivity index (χ3v) is 3.44. The molecule has 0 fully saturated rings. The molecule has 0 bridgehead atoms. The van der Waals surface area contributed by atoms with Gasteiger partial charge in [-0.2, -0.15) is 0 Å². The topological polar surface area (TPSA) is 130 Å². The van der Waals surface area contributed by atoms with E-state index < -0.39 is 11.9 Å². The lowest BCUT2D eigenvalue weighted by Gasteiger charge is -2.07. The molecule has 26 heavy (non-hydrogen) atoms. The fourth-order valence-corrected chi connectivity index (χ4v) is 2.04. The van der Waals surface area contributed by atoms with E-state index in [0.717, 1.165) is 11.1 Å². The summed E-state index contributed by atoms with van der Waals surface area (Å²) in [6.07, 6.45) is 0.326. The lowest BCUT2D eigenvalue weighted by molar-refractivity contribution is -0.115. The minimum atomic E-state index is -1.04. The second kappa shape index (κ2) is 9.22. The highest BCUT2D eigenvalue weighted by molar-refractivity contribution is 6.00. The van der Waals surface area contributed by atoms with E-state index in [1.54, 1.807) is 44.2 Å². The van der Waals surface area contributed by atoms with Crippen LogP contribution < -0.4 is 11.1 Å². The van der Waals surface area contributed by atoms with Crippen molar-refractivity contribution in [2.45, 2.75) is 27.2 Å². The van der Waals surface area contributed by atoms with Crippen LogP contribution in [0.1, 0.15) is 45.2 Å². The van der Waals surface area contributed by atoms with Crippen LogP contribution >= 0.6 is 0 Å². The van der Waals surface area contributed by atoms with Crippen LogP contribution in [-0.2, 0) is 4.79 Å². The quantitative estimate of drug-likeness (QED) is 0.620. The standard InChI is InChI=1S/C11H13NO3.C8H9NO2/c1-3-10(13)12-9-5-4-7(2)6-8(9)11(14)15;1-5-2-3-7(9)6(4-5)8(10)11/h4-6H,3H2,1-2H3,(H,12,13)(H,14,15);2-4H,9H2,1H3,(H,10,11). The number of anilines is 2. The van der Waals surface area contributed by atoms with Gasteiger partial charge in [-0.15, -0.1) is 0 Å². The summed E-state index contributed by atoms with van der Waals surface area (Å²) in [6.45, 7) is 5.34. The Bertz CT molecular complexity index is 831. The van der Waals surface area contributed by atoms with Gasteiger partial charge in [-0.25, -0.2) is 9.59 Å². The van der Waals surface area contributed by atoms with E-state index >= 15 is 0 Å².